The van der Waals surface area contributed by atoms with Crippen LogP contribution in [-0.4, -0.2) is 30.2 Å². The highest BCUT2D eigenvalue weighted by molar-refractivity contribution is 7.80. The van der Waals surface area contributed by atoms with Gasteiger partial charge in [-0.25, -0.2) is 0 Å². The van der Waals surface area contributed by atoms with Crippen LogP contribution in [0.2, 0.25) is 0 Å². The lowest BCUT2D eigenvalue weighted by molar-refractivity contribution is -0.128. The average Bonchev–Trinajstić information content (AvgIpc) is 2.97. The maximum absolute atomic E-state index is 12.5. The van der Waals surface area contributed by atoms with Crippen LogP contribution in [-0.2, 0) is 9.59 Å². The molecule has 0 heterocycles. The summed E-state index contributed by atoms with van der Waals surface area (Å²) >= 11 is 4.30. The summed E-state index contributed by atoms with van der Waals surface area (Å²) in [6.45, 7) is 5.22. The van der Waals surface area contributed by atoms with E-state index >= 15 is 0 Å². The van der Waals surface area contributed by atoms with Gasteiger partial charge in [0, 0.05) is 18.7 Å². The Labute approximate surface area is 261 Å². The van der Waals surface area contributed by atoms with Gasteiger partial charge in [0.05, 0.1) is 0 Å². The first-order valence-corrected chi connectivity index (χ1v) is 18.6. The van der Waals surface area contributed by atoms with Crippen LogP contribution in [0.1, 0.15) is 187 Å². The van der Waals surface area contributed by atoms with Crippen molar-refractivity contribution in [2.75, 3.05) is 12.3 Å². The minimum atomic E-state index is -0.532. The monoisotopic (exact) mass is 595 g/mol. The molecular formula is C36H70N2O2S. The Hall–Kier alpha value is -0.970. The Balaban J connectivity index is 3.57. The maximum Gasteiger partial charge on any atom is 0.243 e. The molecule has 0 fully saturated rings. The number of nitrogens with one attached hydrogen (secondary N) is 2. The van der Waals surface area contributed by atoms with Gasteiger partial charge < -0.3 is 10.6 Å². The van der Waals surface area contributed by atoms with Crippen LogP contribution in [0.5, 0.6) is 0 Å². The highest BCUT2D eigenvalue weighted by Crippen LogP contribution is 2.13. The molecule has 5 heteroatoms. The lowest BCUT2D eigenvalue weighted by atomic mass is 10.0. The van der Waals surface area contributed by atoms with Crippen molar-refractivity contribution in [2.24, 2.45) is 0 Å². The van der Waals surface area contributed by atoms with Crippen molar-refractivity contribution in [1.29, 1.82) is 0 Å². The van der Waals surface area contributed by atoms with E-state index in [1.807, 2.05) is 0 Å². The SMILES string of the molecule is CCCCCCCC/C=C/CCCCCCCC(=O)NC(CS)C(=O)NCCCCCCCCCCCCCCC. The predicted molar refractivity (Wildman–Crippen MR) is 184 cm³/mol. The van der Waals surface area contributed by atoms with Crippen molar-refractivity contribution in [3.05, 3.63) is 12.2 Å². The summed E-state index contributed by atoms with van der Waals surface area (Å²) < 4.78 is 0. The summed E-state index contributed by atoms with van der Waals surface area (Å²) in [5, 5.41) is 5.87. The standard InChI is InChI=1S/C36H70N2O2S/c1-3-5-7-9-11-13-15-17-18-19-21-23-25-27-29-31-35(39)38-34(33-41)36(40)37-32-30-28-26-24-22-20-16-14-12-10-8-6-4-2/h17-18,34,41H,3-16,19-33H2,1-2H3,(H,37,40)(H,38,39)/b18-17+. The number of thiol groups is 1. The largest absolute Gasteiger partial charge is 0.354 e. The summed E-state index contributed by atoms with van der Waals surface area (Å²) in [5.41, 5.74) is 0. The Morgan fingerprint density at radius 3 is 1.39 bits per heavy atom. The molecule has 0 rings (SSSR count). The van der Waals surface area contributed by atoms with Gasteiger partial charge >= 0.3 is 0 Å². The van der Waals surface area contributed by atoms with Crippen molar-refractivity contribution in [1.82, 2.24) is 10.6 Å². The summed E-state index contributed by atoms with van der Waals surface area (Å²) in [6.07, 6.45) is 38.5. The summed E-state index contributed by atoms with van der Waals surface area (Å²) in [7, 11) is 0. The van der Waals surface area contributed by atoms with E-state index in [-0.39, 0.29) is 11.8 Å². The van der Waals surface area contributed by atoms with Crippen LogP contribution in [0.15, 0.2) is 12.2 Å². The van der Waals surface area contributed by atoms with Gasteiger partial charge in [-0.1, -0.05) is 154 Å². The van der Waals surface area contributed by atoms with Crippen LogP contribution in [0.25, 0.3) is 0 Å². The first-order valence-electron chi connectivity index (χ1n) is 18.0. The quantitative estimate of drug-likeness (QED) is 0.0412. The Bertz CT molecular complexity index is 596. The molecule has 0 aromatic rings. The first kappa shape index (κ1) is 40.0. The number of amides is 2. The second kappa shape index (κ2) is 33.5. The molecule has 4 nitrogen and oxygen atoms in total. The maximum atomic E-state index is 12.5. The van der Waals surface area contributed by atoms with Crippen molar-refractivity contribution in [3.63, 3.8) is 0 Å². The van der Waals surface area contributed by atoms with Crippen LogP contribution in [0.3, 0.4) is 0 Å². The molecule has 2 amide bonds. The third kappa shape index (κ3) is 30.3. The molecule has 0 aliphatic rings. The summed E-state index contributed by atoms with van der Waals surface area (Å²) in [5.74, 6) is 0.206. The molecule has 0 aliphatic heterocycles. The molecule has 0 aliphatic carbocycles. The van der Waals surface area contributed by atoms with Crippen LogP contribution in [0.4, 0.5) is 0 Å². The molecule has 0 aromatic heterocycles. The molecule has 0 aromatic carbocycles. The number of carbonyl (C=O) groups excluding carboxylic acids is 2. The third-order valence-corrected chi connectivity index (χ3v) is 8.44. The minimum absolute atomic E-state index is 0.0298. The number of rotatable bonds is 32. The van der Waals surface area contributed by atoms with E-state index in [1.165, 1.54) is 141 Å². The van der Waals surface area contributed by atoms with E-state index < -0.39 is 6.04 Å². The van der Waals surface area contributed by atoms with Gasteiger partial charge in [0.25, 0.3) is 0 Å². The van der Waals surface area contributed by atoms with E-state index in [0.29, 0.717) is 18.7 Å². The number of unbranched alkanes of at least 4 members (excludes halogenated alkanes) is 23. The Morgan fingerprint density at radius 2 is 0.951 bits per heavy atom. The van der Waals surface area contributed by atoms with Crippen molar-refractivity contribution in [3.8, 4) is 0 Å². The lowest BCUT2D eigenvalue weighted by Gasteiger charge is -2.16. The van der Waals surface area contributed by atoms with Gasteiger partial charge in [-0.05, 0) is 38.5 Å². The van der Waals surface area contributed by atoms with Gasteiger partial charge in [0.1, 0.15) is 6.04 Å². The molecule has 0 saturated carbocycles. The van der Waals surface area contributed by atoms with E-state index in [9.17, 15) is 9.59 Å². The van der Waals surface area contributed by atoms with E-state index in [0.717, 1.165) is 25.7 Å². The number of hydrogen-bond acceptors (Lipinski definition) is 3. The Morgan fingerprint density at radius 1 is 0.561 bits per heavy atom. The zero-order valence-corrected chi connectivity index (χ0v) is 28.4. The van der Waals surface area contributed by atoms with Gasteiger partial charge in [-0.15, -0.1) is 0 Å². The fourth-order valence-corrected chi connectivity index (χ4v) is 5.55. The average molecular weight is 595 g/mol. The summed E-state index contributed by atoms with van der Waals surface area (Å²) in [6, 6.07) is -0.532. The van der Waals surface area contributed by atoms with E-state index in [1.54, 1.807) is 0 Å². The number of carbonyl (C=O) groups is 2. The van der Waals surface area contributed by atoms with Gasteiger partial charge in [-0.2, -0.15) is 12.6 Å². The van der Waals surface area contributed by atoms with Crippen molar-refractivity contribution >= 4 is 24.4 Å². The predicted octanol–water partition coefficient (Wildman–Crippen LogP) is 10.6. The minimum Gasteiger partial charge on any atom is -0.354 e. The van der Waals surface area contributed by atoms with E-state index in [2.05, 4.69) is 49.3 Å². The Kier molecular flexibility index (Phi) is 32.7. The van der Waals surface area contributed by atoms with Crippen molar-refractivity contribution in [2.45, 2.75) is 193 Å². The molecule has 41 heavy (non-hydrogen) atoms. The summed E-state index contributed by atoms with van der Waals surface area (Å²) in [4.78, 5) is 24.8. The molecule has 0 radical (unpaired) electrons. The zero-order valence-electron chi connectivity index (χ0n) is 27.5. The third-order valence-electron chi connectivity index (χ3n) is 8.08. The molecular weight excluding hydrogens is 524 g/mol. The number of hydrogen-bond donors (Lipinski definition) is 3. The fraction of sp³-hybridized carbons (Fsp3) is 0.889. The number of allylic oxidation sites excluding steroid dienone is 2. The van der Waals surface area contributed by atoms with Crippen LogP contribution in [0, 0.1) is 0 Å². The van der Waals surface area contributed by atoms with Gasteiger partial charge in [0.2, 0.25) is 11.8 Å². The zero-order chi connectivity index (χ0) is 30.1. The van der Waals surface area contributed by atoms with Gasteiger partial charge in [-0.3, -0.25) is 9.59 Å². The lowest BCUT2D eigenvalue weighted by Crippen LogP contribution is -2.48. The topological polar surface area (TPSA) is 58.2 Å². The molecule has 1 atom stereocenters. The van der Waals surface area contributed by atoms with Crippen LogP contribution >= 0.6 is 12.6 Å². The molecule has 2 N–H and O–H groups in total. The normalized spacial score (nSPS) is 12.2. The smallest absolute Gasteiger partial charge is 0.243 e. The molecule has 1 unspecified atom stereocenters. The first-order chi connectivity index (χ1) is 20.2. The molecule has 242 valence electrons. The van der Waals surface area contributed by atoms with E-state index in [4.69, 9.17) is 0 Å². The van der Waals surface area contributed by atoms with Gasteiger partial charge in [0.15, 0.2) is 0 Å². The second-order valence-electron chi connectivity index (χ2n) is 12.2. The van der Waals surface area contributed by atoms with Crippen LogP contribution < -0.4 is 10.6 Å². The molecule has 0 spiro atoms. The second-order valence-corrected chi connectivity index (χ2v) is 12.5. The fourth-order valence-electron chi connectivity index (χ4n) is 5.29. The molecule has 0 bridgehead atoms. The van der Waals surface area contributed by atoms with Crippen molar-refractivity contribution < 1.29 is 9.59 Å². The molecule has 0 saturated heterocycles. The highest BCUT2D eigenvalue weighted by Gasteiger charge is 2.18. The highest BCUT2D eigenvalue weighted by atomic mass is 32.1.